The molecule has 0 aliphatic carbocycles. The van der Waals surface area contributed by atoms with Crippen molar-refractivity contribution in [2.24, 2.45) is 0 Å². The highest BCUT2D eigenvalue weighted by atomic mass is 32.1. The first-order valence-corrected chi connectivity index (χ1v) is 7.41. The van der Waals surface area contributed by atoms with E-state index in [4.69, 9.17) is 5.11 Å². The first kappa shape index (κ1) is 15.2. The maximum atomic E-state index is 12.2. The summed E-state index contributed by atoms with van der Waals surface area (Å²) in [5, 5.41) is 10.7. The van der Waals surface area contributed by atoms with Crippen LogP contribution in [0.25, 0.3) is 0 Å². The quantitative estimate of drug-likeness (QED) is 0.880. The van der Waals surface area contributed by atoms with Gasteiger partial charge >= 0.3 is 0 Å². The van der Waals surface area contributed by atoms with Crippen molar-refractivity contribution < 1.29 is 9.90 Å². The van der Waals surface area contributed by atoms with Crippen LogP contribution < -0.4 is 0 Å². The van der Waals surface area contributed by atoms with E-state index in [1.165, 1.54) is 0 Å². The van der Waals surface area contributed by atoms with Crippen LogP contribution >= 0.6 is 11.3 Å². The van der Waals surface area contributed by atoms with Crippen molar-refractivity contribution in [1.29, 1.82) is 0 Å². The molecule has 21 heavy (non-hydrogen) atoms. The van der Waals surface area contributed by atoms with Gasteiger partial charge in [-0.2, -0.15) is 0 Å². The molecule has 108 valence electrons. The van der Waals surface area contributed by atoms with Gasteiger partial charge in [0, 0.05) is 38.0 Å². The van der Waals surface area contributed by atoms with Crippen LogP contribution in [0.1, 0.15) is 27.2 Å². The van der Waals surface area contributed by atoms with E-state index < -0.39 is 0 Å². The number of pyridine rings is 1. The summed E-state index contributed by atoms with van der Waals surface area (Å²) in [4.78, 5) is 18.7. The number of aliphatic hydroxyl groups excluding tert-OH is 1. The molecule has 0 aromatic carbocycles. The van der Waals surface area contributed by atoms with E-state index in [1.54, 1.807) is 47.8 Å². The molecule has 0 radical (unpaired) electrons. The van der Waals surface area contributed by atoms with Crippen LogP contribution in [0.5, 0.6) is 0 Å². The van der Waals surface area contributed by atoms with Gasteiger partial charge in [-0.25, -0.2) is 0 Å². The minimum absolute atomic E-state index is 0.0310. The van der Waals surface area contributed by atoms with Crippen molar-refractivity contribution in [2.75, 3.05) is 13.7 Å². The van der Waals surface area contributed by atoms with E-state index >= 15 is 0 Å². The molecular weight excluding hydrogens is 284 g/mol. The minimum Gasteiger partial charge on any atom is -0.395 e. The van der Waals surface area contributed by atoms with Crippen LogP contribution in [0.3, 0.4) is 0 Å². The van der Waals surface area contributed by atoms with Gasteiger partial charge in [-0.3, -0.25) is 9.78 Å². The van der Waals surface area contributed by atoms with Gasteiger partial charge in [-0.15, -0.1) is 11.3 Å². The lowest BCUT2D eigenvalue weighted by Crippen LogP contribution is -2.25. The molecular formula is C16H16N2O2S. The highest BCUT2D eigenvalue weighted by Gasteiger charge is 2.12. The fourth-order valence-corrected chi connectivity index (χ4v) is 2.56. The Balaban J connectivity index is 1.99. The molecule has 2 rings (SSSR count). The fraction of sp³-hybridized carbons (Fsp3) is 0.250. The summed E-state index contributed by atoms with van der Waals surface area (Å²) in [7, 11) is 1.78. The Bertz CT molecular complexity index is 656. The van der Waals surface area contributed by atoms with Crippen LogP contribution in [0.15, 0.2) is 36.0 Å². The number of aromatic nitrogens is 1. The minimum atomic E-state index is -0.0310. The maximum absolute atomic E-state index is 12.2. The van der Waals surface area contributed by atoms with Crippen molar-refractivity contribution in [1.82, 2.24) is 9.88 Å². The van der Waals surface area contributed by atoms with Crippen LogP contribution in [0.2, 0.25) is 0 Å². The summed E-state index contributed by atoms with van der Waals surface area (Å²) in [6.45, 7) is 0.619. The Kier molecular flexibility index (Phi) is 5.50. The topological polar surface area (TPSA) is 53.4 Å². The second-order valence-electron chi connectivity index (χ2n) is 4.49. The molecule has 1 N–H and O–H groups in total. The lowest BCUT2D eigenvalue weighted by Gasteiger charge is -2.16. The molecule has 0 fully saturated rings. The van der Waals surface area contributed by atoms with E-state index in [-0.39, 0.29) is 12.5 Å². The smallest absolute Gasteiger partial charge is 0.254 e. The number of nitrogens with zero attached hydrogens (tertiary/aromatic N) is 2. The fourth-order valence-electron chi connectivity index (χ4n) is 1.79. The molecule has 1 amide bonds. The summed E-state index contributed by atoms with van der Waals surface area (Å²) < 4.78 is 0. The number of thiophene rings is 1. The van der Waals surface area contributed by atoms with Crippen LogP contribution in [-0.2, 0) is 6.54 Å². The molecule has 2 heterocycles. The largest absolute Gasteiger partial charge is 0.395 e. The lowest BCUT2D eigenvalue weighted by atomic mass is 10.2. The van der Waals surface area contributed by atoms with Gasteiger partial charge in [0.1, 0.15) is 0 Å². The number of hydrogen-bond donors (Lipinski definition) is 1. The third-order valence-electron chi connectivity index (χ3n) is 2.80. The van der Waals surface area contributed by atoms with Crippen molar-refractivity contribution in [3.8, 4) is 11.8 Å². The molecule has 0 saturated heterocycles. The highest BCUT2D eigenvalue weighted by molar-refractivity contribution is 7.10. The Morgan fingerprint density at radius 1 is 1.43 bits per heavy atom. The van der Waals surface area contributed by atoms with Gasteiger partial charge in [0.05, 0.1) is 11.5 Å². The monoisotopic (exact) mass is 300 g/mol. The number of carbonyl (C=O) groups excluding carboxylic acids is 1. The zero-order chi connectivity index (χ0) is 15.1. The van der Waals surface area contributed by atoms with Crippen LogP contribution in [0.4, 0.5) is 0 Å². The Morgan fingerprint density at radius 3 is 2.90 bits per heavy atom. The standard InChI is InChI=1S/C16H16N2O2S/c1-18(16(20)14-5-7-17-8-6-14)11-13-10-15(21-12-13)4-2-3-9-19/h5-8,10,12,19H,3,9,11H2,1H3. The molecule has 5 heteroatoms. The summed E-state index contributed by atoms with van der Waals surface area (Å²) >= 11 is 1.55. The summed E-state index contributed by atoms with van der Waals surface area (Å²) in [6, 6.07) is 5.39. The molecule has 0 aliphatic heterocycles. The molecule has 0 saturated carbocycles. The molecule has 0 spiro atoms. The maximum Gasteiger partial charge on any atom is 0.254 e. The first-order chi connectivity index (χ1) is 10.2. The van der Waals surface area contributed by atoms with E-state index in [0.717, 1.165) is 10.4 Å². The van der Waals surface area contributed by atoms with Crippen molar-refractivity contribution in [2.45, 2.75) is 13.0 Å². The zero-order valence-electron chi connectivity index (χ0n) is 11.7. The molecule has 0 aliphatic rings. The summed E-state index contributed by atoms with van der Waals surface area (Å²) in [5.41, 5.74) is 1.68. The third kappa shape index (κ3) is 4.42. The Hall–Kier alpha value is -2.16. The number of aliphatic hydroxyl groups is 1. The molecule has 2 aromatic rings. The molecule has 2 aromatic heterocycles. The van der Waals surface area contributed by atoms with Gasteiger partial charge < -0.3 is 10.0 Å². The molecule has 0 unspecified atom stereocenters. The van der Waals surface area contributed by atoms with E-state index in [2.05, 4.69) is 16.8 Å². The number of carbonyl (C=O) groups is 1. The molecule has 0 bridgehead atoms. The number of amides is 1. The predicted molar refractivity (Wildman–Crippen MR) is 82.9 cm³/mol. The van der Waals surface area contributed by atoms with Gasteiger partial charge in [0.15, 0.2) is 0 Å². The molecule has 0 atom stereocenters. The van der Waals surface area contributed by atoms with Gasteiger partial charge in [0.2, 0.25) is 0 Å². The average molecular weight is 300 g/mol. The second-order valence-corrected chi connectivity index (χ2v) is 5.40. The van der Waals surface area contributed by atoms with Gasteiger partial charge in [0.25, 0.3) is 5.91 Å². The Labute approximate surface area is 128 Å². The zero-order valence-corrected chi connectivity index (χ0v) is 12.6. The number of hydrogen-bond acceptors (Lipinski definition) is 4. The first-order valence-electron chi connectivity index (χ1n) is 6.53. The van der Waals surface area contributed by atoms with E-state index in [0.29, 0.717) is 18.5 Å². The second kappa shape index (κ2) is 7.58. The summed E-state index contributed by atoms with van der Waals surface area (Å²) in [5.74, 6) is 5.86. The SMILES string of the molecule is CN(Cc1csc(C#CCCO)c1)C(=O)c1ccncc1. The van der Waals surface area contributed by atoms with Crippen molar-refractivity contribution in [3.63, 3.8) is 0 Å². The third-order valence-corrected chi connectivity index (χ3v) is 3.69. The van der Waals surface area contributed by atoms with Crippen LogP contribution in [-0.4, -0.2) is 34.6 Å². The van der Waals surface area contributed by atoms with Crippen molar-refractivity contribution >= 4 is 17.2 Å². The van der Waals surface area contributed by atoms with Crippen LogP contribution in [0, 0.1) is 11.8 Å². The predicted octanol–water partition coefficient (Wildman–Crippen LogP) is 2.15. The Morgan fingerprint density at radius 2 is 2.19 bits per heavy atom. The van der Waals surface area contributed by atoms with Gasteiger partial charge in [-0.05, 0) is 29.1 Å². The number of rotatable bonds is 4. The summed E-state index contributed by atoms with van der Waals surface area (Å²) in [6.07, 6.45) is 3.70. The van der Waals surface area contributed by atoms with Gasteiger partial charge in [-0.1, -0.05) is 11.8 Å². The van der Waals surface area contributed by atoms with Crippen molar-refractivity contribution in [3.05, 3.63) is 52.0 Å². The highest BCUT2D eigenvalue weighted by Crippen LogP contribution is 2.16. The van der Waals surface area contributed by atoms with E-state index in [1.807, 2.05) is 11.4 Å². The van der Waals surface area contributed by atoms with E-state index in [9.17, 15) is 4.79 Å². The lowest BCUT2D eigenvalue weighted by molar-refractivity contribution is 0.0785. The normalized spacial score (nSPS) is 9.81. The molecule has 4 nitrogen and oxygen atoms in total. The average Bonchev–Trinajstić information content (AvgIpc) is 2.95.